The summed E-state index contributed by atoms with van der Waals surface area (Å²) in [6.07, 6.45) is 5.45. The number of amides is 1. The van der Waals surface area contributed by atoms with Crippen molar-refractivity contribution < 1.29 is 9.53 Å². The Bertz CT molecular complexity index is 1150. The second kappa shape index (κ2) is 9.63. The van der Waals surface area contributed by atoms with Gasteiger partial charge in [0.05, 0.1) is 5.56 Å². The molecule has 1 amide bonds. The average molecular weight is 452 g/mol. The first-order valence-electron chi connectivity index (χ1n) is 9.56. The van der Waals surface area contributed by atoms with E-state index in [4.69, 9.17) is 16.3 Å². The minimum atomic E-state index is -0.318. The van der Waals surface area contributed by atoms with Crippen molar-refractivity contribution in [3.8, 4) is 16.5 Å². The van der Waals surface area contributed by atoms with E-state index in [1.807, 2.05) is 43.3 Å². The number of halogens is 1. The summed E-state index contributed by atoms with van der Waals surface area (Å²) in [6, 6.07) is 14.5. The van der Waals surface area contributed by atoms with E-state index in [2.05, 4.69) is 25.5 Å². The van der Waals surface area contributed by atoms with Crippen LogP contribution in [0.2, 0.25) is 5.02 Å². The molecule has 7 nitrogen and oxygen atoms in total. The van der Waals surface area contributed by atoms with E-state index in [0.29, 0.717) is 26.6 Å². The molecule has 1 aromatic carbocycles. The minimum absolute atomic E-state index is 0.155. The molecule has 4 rings (SSSR count). The zero-order valence-electron chi connectivity index (χ0n) is 16.5. The Labute approximate surface area is 188 Å². The topological polar surface area (TPSA) is 89.9 Å². The molecular formula is C22H18ClN5O2S. The maximum Gasteiger partial charge on any atom is 0.259 e. The number of anilines is 1. The summed E-state index contributed by atoms with van der Waals surface area (Å²) in [6.45, 7) is 2.03. The third-order valence-corrected chi connectivity index (χ3v) is 5.59. The fraction of sp³-hybridized carbons (Fsp3) is 0.136. The highest BCUT2D eigenvalue weighted by atomic mass is 35.5. The maximum absolute atomic E-state index is 12.5. The summed E-state index contributed by atoms with van der Waals surface area (Å²) < 4.78 is 5.98. The first-order chi connectivity index (χ1) is 15.1. The molecule has 0 fully saturated rings. The molecule has 9 heteroatoms. The standard InChI is InChI=1S/C22H18ClN5O2S/c1-2-18(14-3-6-17(23)7-4-14)30-19-8-5-16(13-25-19)20(29)26-22-28-27-21(31-22)15-9-11-24-12-10-15/h3-13,18H,2H2,1H3,(H,26,28,29). The van der Waals surface area contributed by atoms with Gasteiger partial charge in [0, 0.05) is 35.2 Å². The number of rotatable bonds is 7. The summed E-state index contributed by atoms with van der Waals surface area (Å²) in [4.78, 5) is 20.8. The number of benzene rings is 1. The number of pyridine rings is 2. The molecule has 0 saturated carbocycles. The van der Waals surface area contributed by atoms with Crippen LogP contribution in [-0.2, 0) is 0 Å². The van der Waals surface area contributed by atoms with Gasteiger partial charge in [0.1, 0.15) is 11.1 Å². The summed E-state index contributed by atoms with van der Waals surface area (Å²) in [5, 5.41) is 12.7. The number of nitrogens with one attached hydrogen (secondary N) is 1. The molecule has 3 aromatic heterocycles. The van der Waals surface area contributed by atoms with Crippen LogP contribution in [0.25, 0.3) is 10.6 Å². The Hall–Kier alpha value is -3.36. The highest BCUT2D eigenvalue weighted by molar-refractivity contribution is 7.18. The van der Waals surface area contributed by atoms with Crippen LogP contribution in [-0.4, -0.2) is 26.1 Å². The van der Waals surface area contributed by atoms with Gasteiger partial charge in [0.25, 0.3) is 5.91 Å². The van der Waals surface area contributed by atoms with E-state index >= 15 is 0 Å². The molecule has 0 spiro atoms. The third kappa shape index (κ3) is 5.22. The molecule has 31 heavy (non-hydrogen) atoms. The van der Waals surface area contributed by atoms with Crippen LogP contribution in [0.5, 0.6) is 5.88 Å². The molecular weight excluding hydrogens is 434 g/mol. The van der Waals surface area contributed by atoms with Gasteiger partial charge >= 0.3 is 0 Å². The fourth-order valence-corrected chi connectivity index (χ4v) is 3.72. The van der Waals surface area contributed by atoms with Crippen LogP contribution >= 0.6 is 22.9 Å². The quantitative estimate of drug-likeness (QED) is 0.403. The Balaban J connectivity index is 1.40. The zero-order chi connectivity index (χ0) is 21.6. The van der Waals surface area contributed by atoms with Crippen molar-refractivity contribution in [1.82, 2.24) is 20.2 Å². The van der Waals surface area contributed by atoms with Crippen molar-refractivity contribution in [2.45, 2.75) is 19.4 Å². The van der Waals surface area contributed by atoms with Gasteiger partial charge in [-0.05, 0) is 42.3 Å². The Morgan fingerprint density at radius 2 is 1.87 bits per heavy atom. The Morgan fingerprint density at radius 3 is 2.55 bits per heavy atom. The van der Waals surface area contributed by atoms with E-state index < -0.39 is 0 Å². The lowest BCUT2D eigenvalue weighted by molar-refractivity contribution is 0.102. The average Bonchev–Trinajstić information content (AvgIpc) is 3.27. The minimum Gasteiger partial charge on any atom is -0.469 e. The summed E-state index contributed by atoms with van der Waals surface area (Å²) in [5.41, 5.74) is 2.30. The highest BCUT2D eigenvalue weighted by Gasteiger charge is 2.14. The zero-order valence-corrected chi connectivity index (χ0v) is 18.1. The van der Waals surface area contributed by atoms with Gasteiger partial charge in [-0.2, -0.15) is 0 Å². The molecule has 1 N–H and O–H groups in total. The van der Waals surface area contributed by atoms with Crippen LogP contribution in [0, 0.1) is 0 Å². The van der Waals surface area contributed by atoms with E-state index in [-0.39, 0.29) is 12.0 Å². The van der Waals surface area contributed by atoms with Crippen molar-refractivity contribution in [3.05, 3.63) is 83.3 Å². The van der Waals surface area contributed by atoms with Crippen LogP contribution in [0.3, 0.4) is 0 Å². The number of nitrogens with zero attached hydrogens (tertiary/aromatic N) is 4. The molecule has 4 aromatic rings. The molecule has 0 saturated heterocycles. The van der Waals surface area contributed by atoms with Gasteiger partial charge in [-0.1, -0.05) is 42.0 Å². The largest absolute Gasteiger partial charge is 0.469 e. The molecule has 3 heterocycles. The van der Waals surface area contributed by atoms with Gasteiger partial charge < -0.3 is 4.74 Å². The fourth-order valence-electron chi connectivity index (χ4n) is 2.85. The monoisotopic (exact) mass is 451 g/mol. The number of carbonyl (C=O) groups is 1. The smallest absolute Gasteiger partial charge is 0.259 e. The lowest BCUT2D eigenvalue weighted by Gasteiger charge is -2.17. The van der Waals surface area contributed by atoms with Crippen molar-refractivity contribution in [2.75, 3.05) is 5.32 Å². The SMILES string of the molecule is CCC(Oc1ccc(C(=O)Nc2nnc(-c3ccncc3)s2)cn1)c1ccc(Cl)cc1. The van der Waals surface area contributed by atoms with Crippen molar-refractivity contribution >= 4 is 34.0 Å². The predicted octanol–water partition coefficient (Wildman–Crippen LogP) is 5.43. The van der Waals surface area contributed by atoms with E-state index in [1.54, 1.807) is 24.5 Å². The van der Waals surface area contributed by atoms with E-state index in [1.165, 1.54) is 17.5 Å². The number of hydrogen-bond donors (Lipinski definition) is 1. The Morgan fingerprint density at radius 1 is 1.10 bits per heavy atom. The lowest BCUT2D eigenvalue weighted by atomic mass is 10.1. The number of hydrogen-bond acceptors (Lipinski definition) is 7. The van der Waals surface area contributed by atoms with Gasteiger partial charge in [0.2, 0.25) is 11.0 Å². The highest BCUT2D eigenvalue weighted by Crippen LogP contribution is 2.27. The second-order valence-electron chi connectivity index (χ2n) is 6.55. The third-order valence-electron chi connectivity index (χ3n) is 4.45. The Kier molecular flexibility index (Phi) is 6.49. The lowest BCUT2D eigenvalue weighted by Crippen LogP contribution is -2.12. The van der Waals surface area contributed by atoms with Gasteiger partial charge in [-0.25, -0.2) is 4.98 Å². The van der Waals surface area contributed by atoms with Crippen molar-refractivity contribution in [1.29, 1.82) is 0 Å². The number of aromatic nitrogens is 4. The molecule has 0 radical (unpaired) electrons. The molecule has 156 valence electrons. The van der Waals surface area contributed by atoms with Gasteiger partial charge in [-0.15, -0.1) is 10.2 Å². The van der Waals surface area contributed by atoms with Crippen LogP contribution < -0.4 is 10.1 Å². The van der Waals surface area contributed by atoms with Gasteiger partial charge in [0.15, 0.2) is 0 Å². The molecule has 0 aliphatic rings. The van der Waals surface area contributed by atoms with E-state index in [9.17, 15) is 4.79 Å². The first kappa shape index (κ1) is 20.9. The van der Waals surface area contributed by atoms with E-state index in [0.717, 1.165) is 17.5 Å². The van der Waals surface area contributed by atoms with Crippen molar-refractivity contribution in [2.24, 2.45) is 0 Å². The summed E-state index contributed by atoms with van der Waals surface area (Å²) >= 11 is 7.24. The summed E-state index contributed by atoms with van der Waals surface area (Å²) in [7, 11) is 0. The van der Waals surface area contributed by atoms with Crippen molar-refractivity contribution in [3.63, 3.8) is 0 Å². The normalized spacial score (nSPS) is 11.7. The first-order valence-corrected chi connectivity index (χ1v) is 10.7. The molecule has 0 aliphatic heterocycles. The maximum atomic E-state index is 12.5. The number of ether oxygens (including phenoxy) is 1. The second-order valence-corrected chi connectivity index (χ2v) is 7.97. The van der Waals surface area contributed by atoms with Crippen LogP contribution in [0.4, 0.5) is 5.13 Å². The molecule has 0 bridgehead atoms. The number of carbonyl (C=O) groups excluding carboxylic acids is 1. The van der Waals surface area contributed by atoms with Crippen LogP contribution in [0.15, 0.2) is 67.1 Å². The van der Waals surface area contributed by atoms with Crippen LogP contribution in [0.1, 0.15) is 35.4 Å². The molecule has 0 aliphatic carbocycles. The van der Waals surface area contributed by atoms with Gasteiger partial charge in [-0.3, -0.25) is 15.1 Å². The molecule has 1 unspecified atom stereocenters. The molecule has 1 atom stereocenters. The predicted molar refractivity (Wildman–Crippen MR) is 120 cm³/mol. The summed E-state index contributed by atoms with van der Waals surface area (Å²) in [5.74, 6) is 0.121.